The van der Waals surface area contributed by atoms with Gasteiger partial charge in [-0.1, -0.05) is 23.7 Å². The number of ether oxygens (including phenoxy) is 2. The standard InChI is InChI=1S/C21H20ClN3O3/c1-27-18-8-7-17(12-19(18)28-2)25-20-11-15(9-10-23-20)21(26)24-13-14-3-5-16(22)6-4-14/h3-12H,13H2,1-2H3,(H,23,25)(H,24,26). The molecule has 0 atom stereocenters. The van der Waals surface area contributed by atoms with E-state index < -0.39 is 0 Å². The fourth-order valence-electron chi connectivity index (χ4n) is 2.59. The number of hydrogen-bond donors (Lipinski definition) is 2. The first-order chi connectivity index (χ1) is 13.6. The van der Waals surface area contributed by atoms with E-state index in [4.69, 9.17) is 21.1 Å². The van der Waals surface area contributed by atoms with E-state index in [0.29, 0.717) is 34.4 Å². The van der Waals surface area contributed by atoms with Gasteiger partial charge in [-0.2, -0.15) is 0 Å². The maximum Gasteiger partial charge on any atom is 0.251 e. The molecule has 0 bridgehead atoms. The molecule has 7 heteroatoms. The number of rotatable bonds is 7. The maximum atomic E-state index is 12.4. The molecule has 6 nitrogen and oxygen atoms in total. The normalized spacial score (nSPS) is 10.2. The Kier molecular flexibility index (Phi) is 6.34. The number of carbonyl (C=O) groups is 1. The van der Waals surface area contributed by atoms with Gasteiger partial charge in [0.25, 0.3) is 5.91 Å². The highest BCUT2D eigenvalue weighted by Gasteiger charge is 2.09. The minimum absolute atomic E-state index is 0.187. The number of anilines is 2. The van der Waals surface area contributed by atoms with Crippen LogP contribution in [0.3, 0.4) is 0 Å². The fourth-order valence-corrected chi connectivity index (χ4v) is 2.71. The summed E-state index contributed by atoms with van der Waals surface area (Å²) in [6, 6.07) is 16.1. The monoisotopic (exact) mass is 397 g/mol. The Morgan fingerprint density at radius 2 is 1.75 bits per heavy atom. The van der Waals surface area contributed by atoms with Gasteiger partial charge in [-0.25, -0.2) is 4.98 Å². The molecule has 0 saturated carbocycles. The number of pyridine rings is 1. The Bertz CT molecular complexity index is 961. The van der Waals surface area contributed by atoms with Crippen molar-refractivity contribution >= 4 is 29.0 Å². The number of halogens is 1. The van der Waals surface area contributed by atoms with Crippen molar-refractivity contribution in [3.05, 3.63) is 76.9 Å². The quantitative estimate of drug-likeness (QED) is 0.617. The van der Waals surface area contributed by atoms with Crippen LogP contribution in [0.15, 0.2) is 60.8 Å². The molecule has 2 N–H and O–H groups in total. The van der Waals surface area contributed by atoms with Crippen LogP contribution in [-0.4, -0.2) is 25.1 Å². The lowest BCUT2D eigenvalue weighted by atomic mass is 10.2. The van der Waals surface area contributed by atoms with E-state index in [2.05, 4.69) is 15.6 Å². The summed E-state index contributed by atoms with van der Waals surface area (Å²) in [5.41, 5.74) is 2.24. The molecular formula is C21H20ClN3O3. The molecule has 1 amide bonds. The van der Waals surface area contributed by atoms with Crippen LogP contribution in [0.1, 0.15) is 15.9 Å². The molecule has 0 aliphatic rings. The van der Waals surface area contributed by atoms with Gasteiger partial charge < -0.3 is 20.1 Å². The van der Waals surface area contributed by atoms with Gasteiger partial charge in [0.1, 0.15) is 5.82 Å². The van der Waals surface area contributed by atoms with Gasteiger partial charge >= 0.3 is 0 Å². The second-order valence-corrected chi connectivity index (χ2v) is 6.37. The molecule has 144 valence electrons. The summed E-state index contributed by atoms with van der Waals surface area (Å²) in [5, 5.41) is 6.71. The molecule has 0 saturated heterocycles. The van der Waals surface area contributed by atoms with Crippen LogP contribution in [0.25, 0.3) is 0 Å². The zero-order valence-corrected chi connectivity index (χ0v) is 16.3. The summed E-state index contributed by atoms with van der Waals surface area (Å²) in [6.07, 6.45) is 1.58. The summed E-state index contributed by atoms with van der Waals surface area (Å²) >= 11 is 5.87. The van der Waals surface area contributed by atoms with Crippen molar-refractivity contribution in [1.82, 2.24) is 10.3 Å². The van der Waals surface area contributed by atoms with Crippen molar-refractivity contribution in [2.24, 2.45) is 0 Å². The first kappa shape index (κ1) is 19.5. The third-order valence-corrected chi connectivity index (χ3v) is 4.30. The molecule has 1 aromatic heterocycles. The van der Waals surface area contributed by atoms with Crippen LogP contribution in [0.4, 0.5) is 11.5 Å². The first-order valence-electron chi connectivity index (χ1n) is 8.57. The van der Waals surface area contributed by atoms with Crippen LogP contribution in [0, 0.1) is 0 Å². The molecule has 3 aromatic rings. The highest BCUT2D eigenvalue weighted by molar-refractivity contribution is 6.30. The van der Waals surface area contributed by atoms with E-state index in [1.807, 2.05) is 18.2 Å². The molecule has 0 radical (unpaired) electrons. The van der Waals surface area contributed by atoms with E-state index in [-0.39, 0.29) is 5.91 Å². The Balaban J connectivity index is 1.67. The van der Waals surface area contributed by atoms with Crippen LogP contribution in [0.5, 0.6) is 11.5 Å². The van der Waals surface area contributed by atoms with E-state index in [9.17, 15) is 4.79 Å². The second-order valence-electron chi connectivity index (χ2n) is 5.93. The van der Waals surface area contributed by atoms with E-state index in [1.165, 1.54) is 0 Å². The predicted octanol–water partition coefficient (Wildman–Crippen LogP) is 4.43. The largest absolute Gasteiger partial charge is 0.493 e. The van der Waals surface area contributed by atoms with E-state index in [0.717, 1.165) is 11.3 Å². The van der Waals surface area contributed by atoms with Crippen LogP contribution in [-0.2, 0) is 6.54 Å². The summed E-state index contributed by atoms with van der Waals surface area (Å²) in [4.78, 5) is 16.7. The van der Waals surface area contributed by atoms with Gasteiger partial charge in [-0.15, -0.1) is 0 Å². The second kappa shape index (κ2) is 9.10. The molecule has 3 rings (SSSR count). The number of nitrogens with one attached hydrogen (secondary N) is 2. The molecule has 1 heterocycles. The fraction of sp³-hybridized carbons (Fsp3) is 0.143. The van der Waals surface area contributed by atoms with Crippen molar-refractivity contribution < 1.29 is 14.3 Å². The van der Waals surface area contributed by atoms with Crippen molar-refractivity contribution in [2.75, 3.05) is 19.5 Å². The van der Waals surface area contributed by atoms with Gasteiger partial charge in [0.05, 0.1) is 14.2 Å². The average Bonchev–Trinajstić information content (AvgIpc) is 2.73. The molecule has 0 aliphatic heterocycles. The number of aromatic nitrogens is 1. The van der Waals surface area contributed by atoms with Gasteiger partial charge in [0.15, 0.2) is 11.5 Å². The molecule has 0 fully saturated rings. The molecule has 28 heavy (non-hydrogen) atoms. The van der Waals surface area contributed by atoms with Crippen LogP contribution >= 0.6 is 11.6 Å². The van der Waals surface area contributed by atoms with Gasteiger partial charge in [-0.3, -0.25) is 4.79 Å². The van der Waals surface area contributed by atoms with Crippen molar-refractivity contribution in [1.29, 1.82) is 0 Å². The lowest BCUT2D eigenvalue weighted by Gasteiger charge is -2.11. The Morgan fingerprint density at radius 1 is 1.00 bits per heavy atom. The maximum absolute atomic E-state index is 12.4. The first-order valence-corrected chi connectivity index (χ1v) is 8.94. The number of hydrogen-bond acceptors (Lipinski definition) is 5. The van der Waals surface area contributed by atoms with E-state index in [1.54, 1.807) is 56.8 Å². The number of nitrogens with zero attached hydrogens (tertiary/aromatic N) is 1. The van der Waals surface area contributed by atoms with Crippen molar-refractivity contribution in [3.8, 4) is 11.5 Å². The SMILES string of the molecule is COc1ccc(Nc2cc(C(=O)NCc3ccc(Cl)cc3)ccn2)cc1OC. The molecule has 0 spiro atoms. The molecular weight excluding hydrogens is 378 g/mol. The smallest absolute Gasteiger partial charge is 0.251 e. The average molecular weight is 398 g/mol. The summed E-state index contributed by atoms with van der Waals surface area (Å²) in [5.74, 6) is 1.60. The highest BCUT2D eigenvalue weighted by Crippen LogP contribution is 2.30. The van der Waals surface area contributed by atoms with Gasteiger partial charge in [0, 0.05) is 35.1 Å². The molecule has 0 unspecified atom stereocenters. The highest BCUT2D eigenvalue weighted by atomic mass is 35.5. The van der Waals surface area contributed by atoms with E-state index >= 15 is 0 Å². The van der Waals surface area contributed by atoms with Crippen molar-refractivity contribution in [3.63, 3.8) is 0 Å². The molecule has 2 aromatic carbocycles. The number of methoxy groups -OCH3 is 2. The molecule has 0 aliphatic carbocycles. The summed E-state index contributed by atoms with van der Waals surface area (Å²) < 4.78 is 10.5. The lowest BCUT2D eigenvalue weighted by Crippen LogP contribution is -2.22. The Hall–Kier alpha value is -3.25. The van der Waals surface area contributed by atoms with Crippen LogP contribution in [0.2, 0.25) is 5.02 Å². The van der Waals surface area contributed by atoms with Gasteiger partial charge in [0.2, 0.25) is 0 Å². The third-order valence-electron chi connectivity index (χ3n) is 4.04. The predicted molar refractivity (Wildman–Crippen MR) is 110 cm³/mol. The zero-order chi connectivity index (χ0) is 19.9. The Labute approximate surface area is 168 Å². The number of carbonyl (C=O) groups excluding carboxylic acids is 1. The summed E-state index contributed by atoms with van der Waals surface area (Å²) in [6.45, 7) is 0.413. The number of benzene rings is 2. The minimum Gasteiger partial charge on any atom is -0.493 e. The third kappa shape index (κ3) is 4.92. The summed E-state index contributed by atoms with van der Waals surface area (Å²) in [7, 11) is 3.16. The van der Waals surface area contributed by atoms with Gasteiger partial charge in [-0.05, 0) is 42.0 Å². The minimum atomic E-state index is -0.187. The van der Waals surface area contributed by atoms with Crippen LogP contribution < -0.4 is 20.1 Å². The number of amides is 1. The topological polar surface area (TPSA) is 72.5 Å². The van der Waals surface area contributed by atoms with Crippen molar-refractivity contribution in [2.45, 2.75) is 6.54 Å². The zero-order valence-electron chi connectivity index (χ0n) is 15.5. The lowest BCUT2D eigenvalue weighted by molar-refractivity contribution is 0.0951. The Morgan fingerprint density at radius 3 is 2.46 bits per heavy atom.